The van der Waals surface area contributed by atoms with E-state index in [2.05, 4.69) is 20.7 Å². The Bertz CT molecular complexity index is 539. The number of carbonyl (C=O) groups excluding carboxylic acids is 1. The molecule has 0 radical (unpaired) electrons. The lowest BCUT2D eigenvalue weighted by Gasteiger charge is -2.10. The highest BCUT2D eigenvalue weighted by Gasteiger charge is 2.12. The number of aliphatic hydroxyl groups is 1. The van der Waals surface area contributed by atoms with E-state index >= 15 is 0 Å². The number of carbonyl (C=O) groups is 1. The summed E-state index contributed by atoms with van der Waals surface area (Å²) in [6, 6.07) is 3.41. The zero-order valence-electron chi connectivity index (χ0n) is 10.9. The molecule has 0 spiro atoms. The van der Waals surface area contributed by atoms with E-state index in [1.54, 1.807) is 12.1 Å². The Balaban J connectivity index is 1.83. The predicted octanol–water partition coefficient (Wildman–Crippen LogP) is -0.943. The van der Waals surface area contributed by atoms with Gasteiger partial charge in [-0.2, -0.15) is 4.80 Å². The van der Waals surface area contributed by atoms with Crippen LogP contribution in [0, 0.1) is 0 Å². The lowest BCUT2D eigenvalue weighted by molar-refractivity contribution is -0.122. The summed E-state index contributed by atoms with van der Waals surface area (Å²) < 4.78 is 9.87. The molecular formula is C11H15N5O4. The van der Waals surface area contributed by atoms with Crippen molar-refractivity contribution < 1.29 is 19.1 Å². The van der Waals surface area contributed by atoms with Gasteiger partial charge in [0.05, 0.1) is 19.0 Å². The quantitative estimate of drug-likeness (QED) is 0.672. The zero-order chi connectivity index (χ0) is 14.4. The number of hydrogen-bond acceptors (Lipinski definition) is 7. The Morgan fingerprint density at radius 3 is 3.20 bits per heavy atom. The van der Waals surface area contributed by atoms with Gasteiger partial charge < -0.3 is 19.6 Å². The van der Waals surface area contributed by atoms with Gasteiger partial charge in [0.1, 0.15) is 6.54 Å². The first-order valence-corrected chi connectivity index (χ1v) is 5.94. The van der Waals surface area contributed by atoms with Crippen molar-refractivity contribution in [3.63, 3.8) is 0 Å². The van der Waals surface area contributed by atoms with Crippen LogP contribution in [0.1, 0.15) is 0 Å². The van der Waals surface area contributed by atoms with Crippen molar-refractivity contribution in [1.29, 1.82) is 0 Å². The van der Waals surface area contributed by atoms with E-state index in [-0.39, 0.29) is 25.6 Å². The molecule has 9 heteroatoms. The number of rotatable bonds is 7. The minimum absolute atomic E-state index is 0.0899. The molecule has 1 atom stereocenters. The van der Waals surface area contributed by atoms with Crippen LogP contribution in [0.15, 0.2) is 22.8 Å². The number of aromatic nitrogens is 4. The van der Waals surface area contributed by atoms with Gasteiger partial charge in [-0.15, -0.1) is 10.2 Å². The number of amides is 1. The first kappa shape index (κ1) is 14.2. The van der Waals surface area contributed by atoms with Crippen molar-refractivity contribution in [3.05, 3.63) is 18.4 Å². The molecule has 0 aliphatic rings. The number of tetrazole rings is 1. The van der Waals surface area contributed by atoms with Crippen molar-refractivity contribution in [3.8, 4) is 11.6 Å². The second-order valence-electron chi connectivity index (χ2n) is 4.03. The largest absolute Gasteiger partial charge is 0.461 e. The molecule has 108 valence electrons. The minimum Gasteiger partial charge on any atom is -0.461 e. The second kappa shape index (κ2) is 6.78. The van der Waals surface area contributed by atoms with Crippen molar-refractivity contribution in [2.24, 2.45) is 0 Å². The number of nitrogens with one attached hydrogen (secondary N) is 1. The first-order chi connectivity index (χ1) is 9.69. The molecule has 0 fully saturated rings. The van der Waals surface area contributed by atoms with Crippen LogP contribution < -0.4 is 5.32 Å². The third-order valence-corrected chi connectivity index (χ3v) is 2.37. The smallest absolute Gasteiger partial charge is 0.243 e. The van der Waals surface area contributed by atoms with Crippen LogP contribution in [-0.2, 0) is 16.1 Å². The lowest BCUT2D eigenvalue weighted by atomic mass is 10.4. The van der Waals surface area contributed by atoms with E-state index in [4.69, 9.17) is 9.15 Å². The highest BCUT2D eigenvalue weighted by atomic mass is 16.5. The molecule has 0 saturated heterocycles. The highest BCUT2D eigenvalue weighted by molar-refractivity contribution is 5.75. The molecule has 0 saturated carbocycles. The van der Waals surface area contributed by atoms with Gasteiger partial charge in [-0.05, 0) is 17.3 Å². The van der Waals surface area contributed by atoms with Crippen LogP contribution >= 0.6 is 0 Å². The van der Waals surface area contributed by atoms with Crippen LogP contribution in [0.3, 0.4) is 0 Å². The average molecular weight is 281 g/mol. The Labute approximate surface area is 114 Å². The fourth-order valence-corrected chi connectivity index (χ4v) is 1.48. The third-order valence-electron chi connectivity index (χ3n) is 2.37. The summed E-state index contributed by atoms with van der Waals surface area (Å²) in [5.41, 5.74) is 0. The van der Waals surface area contributed by atoms with Crippen LogP contribution in [-0.4, -0.2) is 57.6 Å². The summed E-state index contributed by atoms with van der Waals surface area (Å²) >= 11 is 0. The van der Waals surface area contributed by atoms with Gasteiger partial charge in [0, 0.05) is 13.7 Å². The van der Waals surface area contributed by atoms with Crippen LogP contribution in [0.4, 0.5) is 0 Å². The van der Waals surface area contributed by atoms with E-state index in [0.29, 0.717) is 11.6 Å². The van der Waals surface area contributed by atoms with Crippen LogP contribution in [0.25, 0.3) is 11.6 Å². The molecule has 2 rings (SSSR count). The normalized spacial score (nSPS) is 12.3. The van der Waals surface area contributed by atoms with Gasteiger partial charge in [0.15, 0.2) is 5.76 Å². The van der Waals surface area contributed by atoms with Gasteiger partial charge in [-0.25, -0.2) is 0 Å². The van der Waals surface area contributed by atoms with Gasteiger partial charge in [0.25, 0.3) is 0 Å². The maximum Gasteiger partial charge on any atom is 0.243 e. The molecule has 1 amide bonds. The molecule has 2 aromatic heterocycles. The van der Waals surface area contributed by atoms with E-state index < -0.39 is 6.10 Å². The zero-order valence-corrected chi connectivity index (χ0v) is 10.9. The topological polar surface area (TPSA) is 115 Å². The third kappa shape index (κ3) is 3.87. The molecule has 2 aromatic rings. The van der Waals surface area contributed by atoms with E-state index in [1.165, 1.54) is 13.4 Å². The summed E-state index contributed by atoms with van der Waals surface area (Å²) in [5, 5.41) is 23.5. The van der Waals surface area contributed by atoms with Gasteiger partial charge in [-0.3, -0.25) is 4.79 Å². The molecule has 0 aliphatic carbocycles. The summed E-state index contributed by atoms with van der Waals surface area (Å²) in [5.74, 6) is 0.456. The predicted molar refractivity (Wildman–Crippen MR) is 66.4 cm³/mol. The summed E-state index contributed by atoms with van der Waals surface area (Å²) in [7, 11) is 1.47. The fraction of sp³-hybridized carbons (Fsp3) is 0.455. The van der Waals surface area contributed by atoms with Gasteiger partial charge >= 0.3 is 0 Å². The lowest BCUT2D eigenvalue weighted by Crippen LogP contribution is -2.36. The number of aliphatic hydroxyl groups excluding tert-OH is 1. The molecule has 2 heterocycles. The number of ether oxygens (including phenoxy) is 1. The van der Waals surface area contributed by atoms with Gasteiger partial charge in [-0.1, -0.05) is 0 Å². The van der Waals surface area contributed by atoms with Crippen molar-refractivity contribution >= 4 is 5.91 Å². The first-order valence-electron chi connectivity index (χ1n) is 5.94. The summed E-state index contributed by atoms with van der Waals surface area (Å²) in [6.07, 6.45) is 0.756. The molecular weight excluding hydrogens is 266 g/mol. The maximum atomic E-state index is 11.6. The summed E-state index contributed by atoms with van der Waals surface area (Å²) in [6.45, 7) is 0.171. The number of methoxy groups -OCH3 is 1. The minimum atomic E-state index is -0.744. The van der Waals surface area contributed by atoms with E-state index in [9.17, 15) is 9.90 Å². The standard InChI is InChI=1S/C11H15N5O4/c1-19-7-8(17)5-12-10(18)6-16-14-11(13-15-16)9-3-2-4-20-9/h2-4,8,17H,5-7H2,1H3,(H,12,18). The molecule has 20 heavy (non-hydrogen) atoms. The molecule has 0 aromatic carbocycles. The van der Waals surface area contributed by atoms with E-state index in [0.717, 1.165) is 4.80 Å². The maximum absolute atomic E-state index is 11.6. The van der Waals surface area contributed by atoms with Crippen LogP contribution in [0.2, 0.25) is 0 Å². The SMILES string of the molecule is COCC(O)CNC(=O)Cn1nnc(-c2ccco2)n1. The van der Waals surface area contributed by atoms with Crippen LogP contribution in [0.5, 0.6) is 0 Å². The van der Waals surface area contributed by atoms with E-state index in [1.807, 2.05) is 0 Å². The Morgan fingerprint density at radius 1 is 1.65 bits per heavy atom. The Morgan fingerprint density at radius 2 is 2.50 bits per heavy atom. The molecule has 0 aliphatic heterocycles. The molecule has 1 unspecified atom stereocenters. The average Bonchev–Trinajstić information content (AvgIpc) is 3.07. The Hall–Kier alpha value is -2.26. The molecule has 2 N–H and O–H groups in total. The highest BCUT2D eigenvalue weighted by Crippen LogP contribution is 2.12. The number of furan rings is 1. The number of nitrogens with zero attached hydrogens (tertiary/aromatic N) is 4. The summed E-state index contributed by atoms with van der Waals surface area (Å²) in [4.78, 5) is 12.8. The Kier molecular flexibility index (Phi) is 4.80. The van der Waals surface area contributed by atoms with Crippen molar-refractivity contribution in [1.82, 2.24) is 25.5 Å². The molecule has 0 bridgehead atoms. The van der Waals surface area contributed by atoms with Crippen molar-refractivity contribution in [2.75, 3.05) is 20.3 Å². The molecule has 9 nitrogen and oxygen atoms in total. The second-order valence-corrected chi connectivity index (χ2v) is 4.03. The van der Waals surface area contributed by atoms with Gasteiger partial charge in [0.2, 0.25) is 11.7 Å². The monoisotopic (exact) mass is 281 g/mol. The van der Waals surface area contributed by atoms with Crippen molar-refractivity contribution in [2.45, 2.75) is 12.6 Å². The fourth-order valence-electron chi connectivity index (χ4n) is 1.48. The number of hydrogen-bond donors (Lipinski definition) is 2.